The monoisotopic (exact) mass is 281 g/mol. The number of aromatic nitrogens is 3. The number of rotatable bonds is 4. The summed E-state index contributed by atoms with van der Waals surface area (Å²) in [6.45, 7) is 4.32. The van der Waals surface area contributed by atoms with Crippen molar-refractivity contribution in [3.63, 3.8) is 0 Å². The zero-order valence-electron chi connectivity index (χ0n) is 11.9. The van der Waals surface area contributed by atoms with Crippen molar-refractivity contribution >= 4 is 0 Å². The van der Waals surface area contributed by atoms with Crippen molar-refractivity contribution in [2.75, 3.05) is 0 Å². The number of pyridine rings is 1. The van der Waals surface area contributed by atoms with Crippen LogP contribution in [-0.4, -0.2) is 15.1 Å². The Balaban J connectivity index is 1.70. The van der Waals surface area contributed by atoms with Crippen LogP contribution >= 0.6 is 0 Å². The van der Waals surface area contributed by atoms with E-state index < -0.39 is 0 Å². The van der Waals surface area contributed by atoms with Crippen LogP contribution in [0.25, 0.3) is 11.4 Å². The lowest BCUT2D eigenvalue weighted by molar-refractivity contribution is 0.242. The fourth-order valence-corrected chi connectivity index (χ4v) is 2.09. The second-order valence-corrected chi connectivity index (χ2v) is 4.86. The Morgan fingerprint density at radius 3 is 2.48 bits per heavy atom. The van der Waals surface area contributed by atoms with Crippen molar-refractivity contribution in [1.82, 2.24) is 15.1 Å². The van der Waals surface area contributed by atoms with Crippen molar-refractivity contribution in [1.29, 1.82) is 0 Å². The summed E-state index contributed by atoms with van der Waals surface area (Å²) >= 11 is 0. The highest BCUT2D eigenvalue weighted by atomic mass is 16.5. The quantitative estimate of drug-likeness (QED) is 0.734. The molecule has 5 heteroatoms. The van der Waals surface area contributed by atoms with Gasteiger partial charge in [0, 0.05) is 18.0 Å². The van der Waals surface area contributed by atoms with Gasteiger partial charge in [0.05, 0.1) is 0 Å². The molecule has 21 heavy (non-hydrogen) atoms. The third-order valence-electron chi connectivity index (χ3n) is 2.96. The van der Waals surface area contributed by atoms with Crippen LogP contribution in [0.4, 0.5) is 0 Å². The number of ether oxygens (including phenoxy) is 1. The van der Waals surface area contributed by atoms with Gasteiger partial charge in [-0.15, -0.1) is 0 Å². The average molecular weight is 281 g/mol. The van der Waals surface area contributed by atoms with Crippen LogP contribution in [-0.2, 0) is 6.61 Å². The summed E-state index contributed by atoms with van der Waals surface area (Å²) in [7, 11) is 0. The fraction of sp³-hybridized carbons (Fsp3) is 0.188. The SMILES string of the molecule is Cc1cc(C)cc(OCc2nc(-c3ccncc3)no2)c1. The molecule has 106 valence electrons. The molecule has 1 aromatic carbocycles. The second kappa shape index (κ2) is 5.75. The Kier molecular flexibility index (Phi) is 3.64. The first-order valence-corrected chi connectivity index (χ1v) is 6.65. The molecular formula is C16H15N3O2. The molecule has 0 fully saturated rings. The van der Waals surface area contributed by atoms with Crippen LogP contribution in [0.15, 0.2) is 47.2 Å². The van der Waals surface area contributed by atoms with Crippen molar-refractivity contribution in [2.24, 2.45) is 0 Å². The van der Waals surface area contributed by atoms with E-state index in [1.54, 1.807) is 12.4 Å². The highest BCUT2D eigenvalue weighted by Gasteiger charge is 2.09. The minimum atomic E-state index is 0.251. The molecule has 0 atom stereocenters. The third kappa shape index (κ3) is 3.25. The number of benzene rings is 1. The summed E-state index contributed by atoms with van der Waals surface area (Å²) < 4.78 is 10.9. The lowest BCUT2D eigenvalue weighted by atomic mass is 10.1. The lowest BCUT2D eigenvalue weighted by Crippen LogP contribution is -1.96. The highest BCUT2D eigenvalue weighted by Crippen LogP contribution is 2.18. The van der Waals surface area contributed by atoms with Gasteiger partial charge in [-0.3, -0.25) is 4.98 Å². The summed E-state index contributed by atoms with van der Waals surface area (Å²) in [4.78, 5) is 8.27. The smallest absolute Gasteiger partial charge is 0.264 e. The van der Waals surface area contributed by atoms with E-state index in [2.05, 4.69) is 21.2 Å². The molecule has 0 aliphatic carbocycles. The summed E-state index contributed by atoms with van der Waals surface area (Å²) in [6, 6.07) is 9.72. The molecule has 0 N–H and O–H groups in total. The minimum absolute atomic E-state index is 0.251. The highest BCUT2D eigenvalue weighted by molar-refractivity contribution is 5.52. The van der Waals surface area contributed by atoms with Crippen LogP contribution in [0.2, 0.25) is 0 Å². The maximum Gasteiger partial charge on any atom is 0.264 e. The number of hydrogen-bond acceptors (Lipinski definition) is 5. The van der Waals surface area contributed by atoms with Crippen LogP contribution < -0.4 is 4.74 Å². The molecule has 0 saturated carbocycles. The topological polar surface area (TPSA) is 61.0 Å². The van der Waals surface area contributed by atoms with Gasteiger partial charge in [0.25, 0.3) is 5.89 Å². The summed E-state index contributed by atoms with van der Waals surface area (Å²) in [6.07, 6.45) is 3.38. The van der Waals surface area contributed by atoms with Gasteiger partial charge in [0.1, 0.15) is 5.75 Å². The standard InChI is InChI=1S/C16H15N3O2/c1-11-7-12(2)9-14(8-11)20-10-15-18-16(19-21-15)13-3-5-17-6-4-13/h3-9H,10H2,1-2H3. The molecule has 0 radical (unpaired) electrons. The van der Waals surface area contributed by atoms with E-state index in [-0.39, 0.29) is 6.61 Å². The summed E-state index contributed by atoms with van der Waals surface area (Å²) in [5.74, 6) is 1.79. The molecule has 0 bridgehead atoms. The lowest BCUT2D eigenvalue weighted by Gasteiger charge is -2.05. The fourth-order valence-electron chi connectivity index (χ4n) is 2.09. The molecule has 0 unspecified atom stereocenters. The Labute approximate surface area is 122 Å². The molecule has 0 spiro atoms. The Morgan fingerprint density at radius 2 is 1.76 bits per heavy atom. The van der Waals surface area contributed by atoms with Crippen LogP contribution in [0.1, 0.15) is 17.0 Å². The molecule has 2 heterocycles. The first-order chi connectivity index (χ1) is 10.2. The van der Waals surface area contributed by atoms with Gasteiger partial charge in [-0.25, -0.2) is 0 Å². The molecule has 3 aromatic rings. The third-order valence-corrected chi connectivity index (χ3v) is 2.96. The zero-order chi connectivity index (χ0) is 14.7. The van der Waals surface area contributed by atoms with E-state index in [1.165, 1.54) is 0 Å². The maximum absolute atomic E-state index is 5.69. The van der Waals surface area contributed by atoms with Crippen LogP contribution in [0.5, 0.6) is 5.75 Å². The van der Waals surface area contributed by atoms with Crippen molar-refractivity contribution in [3.8, 4) is 17.1 Å². The maximum atomic E-state index is 5.69. The Bertz CT molecular complexity index is 718. The van der Waals surface area contributed by atoms with Gasteiger partial charge in [-0.05, 0) is 49.2 Å². The largest absolute Gasteiger partial charge is 0.484 e. The number of aryl methyl sites for hydroxylation is 2. The zero-order valence-corrected chi connectivity index (χ0v) is 11.9. The van der Waals surface area contributed by atoms with Gasteiger partial charge < -0.3 is 9.26 Å². The van der Waals surface area contributed by atoms with Crippen molar-refractivity contribution in [3.05, 3.63) is 59.7 Å². The summed E-state index contributed by atoms with van der Waals surface area (Å²) in [5.41, 5.74) is 3.19. The molecule has 5 nitrogen and oxygen atoms in total. The van der Waals surface area contributed by atoms with Gasteiger partial charge >= 0.3 is 0 Å². The summed E-state index contributed by atoms with van der Waals surface area (Å²) in [5, 5.41) is 3.94. The molecule has 3 rings (SSSR count). The first-order valence-electron chi connectivity index (χ1n) is 6.65. The van der Waals surface area contributed by atoms with Crippen molar-refractivity contribution < 1.29 is 9.26 Å². The molecule has 2 aromatic heterocycles. The Morgan fingerprint density at radius 1 is 1.05 bits per heavy atom. The molecule has 0 aliphatic heterocycles. The normalized spacial score (nSPS) is 10.6. The number of hydrogen-bond donors (Lipinski definition) is 0. The van der Waals surface area contributed by atoms with Crippen molar-refractivity contribution in [2.45, 2.75) is 20.5 Å². The predicted octanol–water partition coefficient (Wildman–Crippen LogP) is 3.33. The van der Waals surface area contributed by atoms with E-state index in [1.807, 2.05) is 38.1 Å². The Hall–Kier alpha value is -2.69. The van der Waals surface area contributed by atoms with E-state index in [0.717, 1.165) is 22.4 Å². The minimum Gasteiger partial charge on any atom is -0.484 e. The van der Waals surface area contributed by atoms with E-state index in [4.69, 9.17) is 9.26 Å². The number of nitrogens with zero attached hydrogens (tertiary/aromatic N) is 3. The van der Waals surface area contributed by atoms with Gasteiger partial charge in [0.15, 0.2) is 6.61 Å². The van der Waals surface area contributed by atoms with Gasteiger partial charge in [-0.1, -0.05) is 11.2 Å². The van der Waals surface area contributed by atoms with Crippen LogP contribution in [0.3, 0.4) is 0 Å². The molecule has 0 saturated heterocycles. The predicted molar refractivity (Wildman–Crippen MR) is 77.8 cm³/mol. The van der Waals surface area contributed by atoms with E-state index in [0.29, 0.717) is 11.7 Å². The first kappa shape index (κ1) is 13.3. The van der Waals surface area contributed by atoms with Gasteiger partial charge in [-0.2, -0.15) is 4.98 Å². The second-order valence-electron chi connectivity index (χ2n) is 4.86. The molecular weight excluding hydrogens is 266 g/mol. The van der Waals surface area contributed by atoms with Gasteiger partial charge in [0.2, 0.25) is 5.82 Å². The average Bonchev–Trinajstić information content (AvgIpc) is 2.94. The molecule has 0 aliphatic rings. The molecule has 0 amide bonds. The van der Waals surface area contributed by atoms with E-state index in [9.17, 15) is 0 Å². The van der Waals surface area contributed by atoms with E-state index >= 15 is 0 Å². The van der Waals surface area contributed by atoms with Crippen LogP contribution in [0, 0.1) is 13.8 Å².